The summed E-state index contributed by atoms with van der Waals surface area (Å²) in [6.45, 7) is 3.33. The fourth-order valence-corrected chi connectivity index (χ4v) is 5.69. The first-order valence-electron chi connectivity index (χ1n) is 11.0. The predicted molar refractivity (Wildman–Crippen MR) is 109 cm³/mol. The molecule has 2 atom stereocenters. The molecule has 2 saturated heterocycles. The molecule has 3 aliphatic rings. The van der Waals surface area contributed by atoms with Crippen LogP contribution in [0.25, 0.3) is 10.9 Å². The second kappa shape index (κ2) is 7.31. The number of nitrogens with one attached hydrogen (secondary N) is 2. The zero-order valence-electron chi connectivity index (χ0n) is 16.2. The Kier molecular flexibility index (Phi) is 4.68. The van der Waals surface area contributed by atoms with Gasteiger partial charge in [-0.1, -0.05) is 6.42 Å². The second-order valence-electron chi connectivity index (χ2n) is 8.76. The van der Waals surface area contributed by atoms with Crippen LogP contribution in [0.4, 0.5) is 0 Å². The van der Waals surface area contributed by atoms with E-state index in [1.54, 1.807) is 0 Å². The molecule has 2 N–H and O–H groups in total. The van der Waals surface area contributed by atoms with Crippen molar-refractivity contribution in [1.82, 2.24) is 15.2 Å². The highest BCUT2D eigenvalue weighted by molar-refractivity contribution is 5.99. The van der Waals surface area contributed by atoms with E-state index < -0.39 is 0 Å². The lowest BCUT2D eigenvalue weighted by molar-refractivity contribution is 0.0575. The number of hydrogen-bond acceptors (Lipinski definition) is 2. The molecule has 2 aliphatic heterocycles. The first-order valence-corrected chi connectivity index (χ1v) is 11.0. The van der Waals surface area contributed by atoms with Crippen molar-refractivity contribution in [3.05, 3.63) is 35.0 Å². The van der Waals surface area contributed by atoms with Gasteiger partial charge in [0.25, 0.3) is 5.91 Å². The number of fused-ring (bicyclic) bond motifs is 4. The van der Waals surface area contributed by atoms with Crippen LogP contribution in [0.2, 0.25) is 0 Å². The van der Waals surface area contributed by atoms with Gasteiger partial charge >= 0.3 is 0 Å². The van der Waals surface area contributed by atoms with Crippen LogP contribution in [0.15, 0.2) is 18.2 Å². The quantitative estimate of drug-likeness (QED) is 0.862. The van der Waals surface area contributed by atoms with Gasteiger partial charge in [-0.25, -0.2) is 0 Å². The van der Waals surface area contributed by atoms with Crippen LogP contribution >= 0.6 is 0 Å². The summed E-state index contributed by atoms with van der Waals surface area (Å²) in [6.07, 6.45) is 11.3. The van der Waals surface area contributed by atoms with Crippen LogP contribution in [0.1, 0.15) is 66.6 Å². The first-order chi connectivity index (χ1) is 13.3. The Bertz CT molecular complexity index is 838. The van der Waals surface area contributed by atoms with Crippen LogP contribution in [0.5, 0.6) is 0 Å². The normalized spacial score (nSPS) is 25.8. The molecule has 0 spiro atoms. The Morgan fingerprint density at radius 3 is 2.93 bits per heavy atom. The predicted octanol–water partition coefficient (Wildman–Crippen LogP) is 4.04. The second-order valence-corrected chi connectivity index (χ2v) is 8.76. The number of benzene rings is 1. The van der Waals surface area contributed by atoms with Crippen LogP contribution < -0.4 is 5.32 Å². The number of aromatic nitrogens is 1. The number of carbonyl (C=O) groups excluding carboxylic acids is 1. The average Bonchev–Trinajstić information content (AvgIpc) is 3.10. The summed E-state index contributed by atoms with van der Waals surface area (Å²) < 4.78 is 0. The van der Waals surface area contributed by atoms with E-state index in [0.717, 1.165) is 24.9 Å². The first kappa shape index (κ1) is 17.3. The number of piperidine rings is 2. The Morgan fingerprint density at radius 2 is 1.96 bits per heavy atom. The van der Waals surface area contributed by atoms with Gasteiger partial charge in [-0.15, -0.1) is 0 Å². The molecule has 1 aromatic heterocycles. The number of rotatable bonds is 3. The molecule has 0 radical (unpaired) electrons. The van der Waals surface area contributed by atoms with Gasteiger partial charge in [0, 0.05) is 34.7 Å². The summed E-state index contributed by atoms with van der Waals surface area (Å²) >= 11 is 0. The highest BCUT2D eigenvalue weighted by Crippen LogP contribution is 2.31. The molecule has 2 aromatic rings. The van der Waals surface area contributed by atoms with Crippen molar-refractivity contribution in [1.29, 1.82) is 0 Å². The lowest BCUT2D eigenvalue weighted by Gasteiger charge is -2.44. The highest BCUT2D eigenvalue weighted by atomic mass is 16.1. The maximum atomic E-state index is 12.8. The van der Waals surface area contributed by atoms with Gasteiger partial charge in [-0.3, -0.25) is 4.79 Å². The molecular formula is C23H31N3O. The van der Waals surface area contributed by atoms with Crippen molar-refractivity contribution in [3.63, 3.8) is 0 Å². The standard InChI is InChI=1S/C23H31N3O/c27-23(24-15-17-6-5-13-26-12-4-3-9-22(17)26)16-10-11-21-19(14-16)18-7-1-2-8-20(18)25-21/h10-11,14,17,22,25H,1-9,12-13,15H2,(H,24,27)/t17-,22-/m0/s1. The van der Waals surface area contributed by atoms with Crippen molar-refractivity contribution < 1.29 is 4.79 Å². The van der Waals surface area contributed by atoms with Crippen LogP contribution in [-0.4, -0.2) is 41.5 Å². The molecule has 2 fully saturated rings. The summed E-state index contributed by atoms with van der Waals surface area (Å²) in [4.78, 5) is 19.1. The molecule has 3 heterocycles. The molecule has 4 heteroatoms. The monoisotopic (exact) mass is 365 g/mol. The Balaban J connectivity index is 1.29. The summed E-state index contributed by atoms with van der Waals surface area (Å²) in [5.41, 5.74) is 4.82. The zero-order valence-corrected chi connectivity index (χ0v) is 16.2. The Labute approximate surface area is 161 Å². The molecule has 5 rings (SSSR count). The lowest BCUT2D eigenvalue weighted by Crippen LogP contribution is -2.51. The molecular weight excluding hydrogens is 334 g/mol. The third-order valence-corrected chi connectivity index (χ3v) is 7.11. The van der Waals surface area contributed by atoms with Gasteiger partial charge in [-0.2, -0.15) is 0 Å². The fourth-order valence-electron chi connectivity index (χ4n) is 5.69. The van der Waals surface area contributed by atoms with Gasteiger partial charge in [-0.05, 0) is 94.1 Å². The number of aryl methyl sites for hydroxylation is 2. The summed E-state index contributed by atoms with van der Waals surface area (Å²) in [6, 6.07) is 6.87. The molecule has 1 aromatic carbocycles. The molecule has 0 saturated carbocycles. The minimum atomic E-state index is 0.0931. The highest BCUT2D eigenvalue weighted by Gasteiger charge is 2.33. The van der Waals surface area contributed by atoms with E-state index in [-0.39, 0.29) is 5.91 Å². The van der Waals surface area contributed by atoms with E-state index in [1.165, 1.54) is 80.2 Å². The number of aromatic amines is 1. The molecule has 144 valence electrons. The zero-order chi connectivity index (χ0) is 18.2. The largest absolute Gasteiger partial charge is 0.358 e. The SMILES string of the molecule is O=C(NC[C@@H]1CCCN2CCCC[C@@H]12)c1ccc2[nH]c3c(c2c1)CCCC3. The van der Waals surface area contributed by atoms with Crippen molar-refractivity contribution in [3.8, 4) is 0 Å². The van der Waals surface area contributed by atoms with E-state index in [1.807, 2.05) is 6.07 Å². The number of amides is 1. The summed E-state index contributed by atoms with van der Waals surface area (Å²) in [5.74, 6) is 0.711. The van der Waals surface area contributed by atoms with Gasteiger partial charge in [0.1, 0.15) is 0 Å². The lowest BCUT2D eigenvalue weighted by atomic mass is 9.83. The van der Waals surface area contributed by atoms with E-state index in [4.69, 9.17) is 0 Å². The maximum Gasteiger partial charge on any atom is 0.251 e. The van der Waals surface area contributed by atoms with Gasteiger partial charge < -0.3 is 15.2 Å². The van der Waals surface area contributed by atoms with E-state index in [9.17, 15) is 4.79 Å². The van der Waals surface area contributed by atoms with Crippen LogP contribution in [0.3, 0.4) is 0 Å². The number of hydrogen-bond donors (Lipinski definition) is 2. The number of nitrogens with zero attached hydrogens (tertiary/aromatic N) is 1. The minimum Gasteiger partial charge on any atom is -0.358 e. The van der Waals surface area contributed by atoms with Gasteiger partial charge in [0.2, 0.25) is 0 Å². The van der Waals surface area contributed by atoms with Crippen molar-refractivity contribution in [2.24, 2.45) is 5.92 Å². The number of H-pyrrole nitrogens is 1. The minimum absolute atomic E-state index is 0.0931. The fraction of sp³-hybridized carbons (Fsp3) is 0.609. The molecule has 1 aliphatic carbocycles. The summed E-state index contributed by atoms with van der Waals surface area (Å²) in [7, 11) is 0. The average molecular weight is 366 g/mol. The molecule has 27 heavy (non-hydrogen) atoms. The van der Waals surface area contributed by atoms with Crippen molar-refractivity contribution in [2.45, 2.75) is 63.8 Å². The van der Waals surface area contributed by atoms with Gasteiger partial charge in [0.15, 0.2) is 0 Å². The van der Waals surface area contributed by atoms with Crippen molar-refractivity contribution >= 4 is 16.8 Å². The Morgan fingerprint density at radius 1 is 1.07 bits per heavy atom. The maximum absolute atomic E-state index is 12.8. The van der Waals surface area contributed by atoms with Gasteiger partial charge in [0.05, 0.1) is 0 Å². The smallest absolute Gasteiger partial charge is 0.251 e. The van der Waals surface area contributed by atoms with Crippen LogP contribution in [0, 0.1) is 5.92 Å². The molecule has 0 unspecified atom stereocenters. The van der Waals surface area contributed by atoms with Crippen LogP contribution in [-0.2, 0) is 12.8 Å². The Hall–Kier alpha value is -1.81. The summed E-state index contributed by atoms with van der Waals surface area (Å²) in [5, 5.41) is 4.52. The third kappa shape index (κ3) is 3.29. The topological polar surface area (TPSA) is 48.1 Å². The number of carbonyl (C=O) groups is 1. The van der Waals surface area contributed by atoms with E-state index >= 15 is 0 Å². The third-order valence-electron chi connectivity index (χ3n) is 7.11. The molecule has 0 bridgehead atoms. The molecule has 1 amide bonds. The van der Waals surface area contributed by atoms with Crippen molar-refractivity contribution in [2.75, 3.05) is 19.6 Å². The van der Waals surface area contributed by atoms with E-state index in [2.05, 4.69) is 27.3 Å². The van der Waals surface area contributed by atoms with E-state index in [0.29, 0.717) is 12.0 Å². The molecule has 4 nitrogen and oxygen atoms in total.